The van der Waals surface area contributed by atoms with E-state index in [4.69, 9.17) is 21.7 Å². The Bertz CT molecular complexity index is 1170. The molecule has 0 saturated carbocycles. The molecule has 3 rings (SSSR count). The lowest BCUT2D eigenvalue weighted by Gasteiger charge is -2.14. The van der Waals surface area contributed by atoms with Crippen molar-refractivity contribution in [3.05, 3.63) is 47.7 Å². The number of amides is 1. The van der Waals surface area contributed by atoms with Crippen molar-refractivity contribution in [1.82, 2.24) is 20.3 Å². The number of fused-ring (bicyclic) bond motifs is 1. The van der Waals surface area contributed by atoms with Gasteiger partial charge in [-0.1, -0.05) is 0 Å². The number of nitrogens with zero attached hydrogens (tertiary/aromatic N) is 3. The highest BCUT2D eigenvalue weighted by molar-refractivity contribution is 5.97. The van der Waals surface area contributed by atoms with E-state index in [1.807, 2.05) is 0 Å². The molecule has 0 unspecified atom stereocenters. The first-order chi connectivity index (χ1) is 15.2. The minimum Gasteiger partial charge on any atom is -0.481 e. The topological polar surface area (TPSA) is 206 Å². The van der Waals surface area contributed by atoms with Crippen molar-refractivity contribution in [1.29, 1.82) is 0 Å². The number of aliphatic carboxylic acids is 2. The predicted molar refractivity (Wildman–Crippen MR) is 116 cm³/mol. The van der Waals surface area contributed by atoms with Gasteiger partial charge in [-0.25, -0.2) is 9.78 Å². The van der Waals surface area contributed by atoms with Crippen LogP contribution in [-0.2, 0) is 16.1 Å². The molecule has 32 heavy (non-hydrogen) atoms. The molecule has 0 fully saturated rings. The number of nitrogen functional groups attached to an aromatic ring is 2. The van der Waals surface area contributed by atoms with Gasteiger partial charge in [0.1, 0.15) is 11.9 Å². The fourth-order valence-electron chi connectivity index (χ4n) is 2.90. The van der Waals surface area contributed by atoms with Gasteiger partial charge in [0.15, 0.2) is 5.65 Å². The van der Waals surface area contributed by atoms with E-state index >= 15 is 0 Å². The van der Waals surface area contributed by atoms with E-state index in [-0.39, 0.29) is 30.2 Å². The van der Waals surface area contributed by atoms with Gasteiger partial charge in [-0.3, -0.25) is 9.59 Å². The lowest BCUT2D eigenvalue weighted by Crippen LogP contribution is -2.41. The minimum atomic E-state index is -1.30. The van der Waals surface area contributed by atoms with Gasteiger partial charge in [0.05, 0.1) is 5.39 Å². The summed E-state index contributed by atoms with van der Waals surface area (Å²) in [6.07, 6.45) is 1.05. The van der Waals surface area contributed by atoms with Crippen molar-refractivity contribution in [3.8, 4) is 0 Å². The highest BCUT2D eigenvalue weighted by atomic mass is 16.4. The highest BCUT2D eigenvalue weighted by Gasteiger charge is 2.21. The molecule has 0 radical (unpaired) electrons. The van der Waals surface area contributed by atoms with Crippen LogP contribution in [0.15, 0.2) is 36.5 Å². The number of rotatable bonds is 9. The van der Waals surface area contributed by atoms with Crippen LogP contribution in [0.2, 0.25) is 0 Å². The van der Waals surface area contributed by atoms with E-state index in [0.29, 0.717) is 23.3 Å². The lowest BCUT2D eigenvalue weighted by atomic mass is 10.1. The minimum absolute atomic E-state index is 0.0501. The standard InChI is InChI=1S/C20H21N7O5/c21-16-13-7-10(9-24-17(13)27-20(22)26-16)8-23-12-3-1-11(2-4-12)18(30)25-14(19(31)32)5-6-15(28)29/h1-4,7,9,14,23H,5-6,8H2,(H,25,30)(H,28,29)(H,31,32)(H4,21,22,24,26,27)/t14-/m0/s1. The van der Waals surface area contributed by atoms with E-state index in [0.717, 1.165) is 5.56 Å². The van der Waals surface area contributed by atoms with E-state index < -0.39 is 23.9 Å². The van der Waals surface area contributed by atoms with Crippen LogP contribution >= 0.6 is 0 Å². The summed E-state index contributed by atoms with van der Waals surface area (Å²) in [4.78, 5) is 46.3. The van der Waals surface area contributed by atoms with Gasteiger partial charge in [-0.05, 0) is 42.3 Å². The van der Waals surface area contributed by atoms with Gasteiger partial charge in [0.25, 0.3) is 5.91 Å². The van der Waals surface area contributed by atoms with Gasteiger partial charge < -0.3 is 32.3 Å². The maximum absolute atomic E-state index is 12.3. The van der Waals surface area contributed by atoms with Crippen molar-refractivity contribution in [2.24, 2.45) is 0 Å². The SMILES string of the molecule is Nc1nc(N)c2cc(CNc3ccc(C(=O)N[C@@H](CCC(=O)O)C(=O)O)cc3)cnc2n1. The molecule has 0 saturated heterocycles. The zero-order valence-corrected chi connectivity index (χ0v) is 16.8. The van der Waals surface area contributed by atoms with Crippen molar-refractivity contribution in [3.63, 3.8) is 0 Å². The van der Waals surface area contributed by atoms with Crippen molar-refractivity contribution in [2.75, 3.05) is 16.8 Å². The number of carboxylic acids is 2. The van der Waals surface area contributed by atoms with Gasteiger partial charge in [-0.2, -0.15) is 9.97 Å². The summed E-state index contributed by atoms with van der Waals surface area (Å²) in [7, 11) is 0. The summed E-state index contributed by atoms with van der Waals surface area (Å²) < 4.78 is 0. The van der Waals surface area contributed by atoms with Crippen LogP contribution in [0.4, 0.5) is 17.5 Å². The molecular weight excluding hydrogens is 418 g/mol. The number of hydrogen-bond acceptors (Lipinski definition) is 9. The number of nitrogens with one attached hydrogen (secondary N) is 2. The fraction of sp³-hybridized carbons (Fsp3) is 0.200. The van der Waals surface area contributed by atoms with Gasteiger partial charge in [0, 0.05) is 30.4 Å². The molecule has 0 aliphatic heterocycles. The van der Waals surface area contributed by atoms with E-state index in [9.17, 15) is 14.4 Å². The first-order valence-electron chi connectivity index (χ1n) is 9.50. The summed E-state index contributed by atoms with van der Waals surface area (Å²) in [6, 6.07) is 6.89. The van der Waals surface area contributed by atoms with Crippen LogP contribution in [0.1, 0.15) is 28.8 Å². The molecule has 12 nitrogen and oxygen atoms in total. The molecule has 166 valence electrons. The molecule has 3 aromatic rings. The third-order valence-corrected chi connectivity index (χ3v) is 4.55. The summed E-state index contributed by atoms with van der Waals surface area (Å²) in [5.41, 5.74) is 13.6. The number of benzene rings is 1. The molecule has 2 aromatic heterocycles. The second-order valence-corrected chi connectivity index (χ2v) is 6.91. The first kappa shape index (κ1) is 22.2. The molecule has 0 bridgehead atoms. The van der Waals surface area contributed by atoms with Gasteiger partial charge >= 0.3 is 11.9 Å². The second kappa shape index (κ2) is 9.55. The van der Waals surface area contributed by atoms with Gasteiger partial charge in [-0.15, -0.1) is 0 Å². The largest absolute Gasteiger partial charge is 0.481 e. The predicted octanol–water partition coefficient (Wildman–Crippen LogP) is 0.849. The maximum Gasteiger partial charge on any atom is 0.326 e. The van der Waals surface area contributed by atoms with Crippen LogP contribution in [0.3, 0.4) is 0 Å². The number of carbonyl (C=O) groups is 3. The Hall–Kier alpha value is -4.48. The zero-order valence-electron chi connectivity index (χ0n) is 16.8. The Labute approximate surface area is 181 Å². The highest BCUT2D eigenvalue weighted by Crippen LogP contribution is 2.19. The summed E-state index contributed by atoms with van der Waals surface area (Å²) in [6.45, 7) is 0.411. The Kier molecular flexibility index (Phi) is 6.63. The zero-order chi connectivity index (χ0) is 23.3. The lowest BCUT2D eigenvalue weighted by molar-refractivity contribution is -0.140. The van der Waals surface area contributed by atoms with Crippen LogP contribution in [0, 0.1) is 0 Å². The Morgan fingerprint density at radius 1 is 1.06 bits per heavy atom. The van der Waals surface area contributed by atoms with Crippen LogP contribution in [0.5, 0.6) is 0 Å². The first-order valence-corrected chi connectivity index (χ1v) is 9.50. The molecule has 1 amide bonds. The normalized spacial score (nSPS) is 11.6. The number of aromatic nitrogens is 3. The molecular formula is C20H21N7O5. The van der Waals surface area contributed by atoms with E-state index in [1.165, 1.54) is 12.1 Å². The van der Waals surface area contributed by atoms with Crippen LogP contribution < -0.4 is 22.1 Å². The van der Waals surface area contributed by atoms with Crippen molar-refractivity contribution < 1.29 is 24.6 Å². The van der Waals surface area contributed by atoms with Gasteiger partial charge in [0.2, 0.25) is 5.95 Å². The smallest absolute Gasteiger partial charge is 0.326 e. The summed E-state index contributed by atoms with van der Waals surface area (Å²) in [5, 5.41) is 23.9. The molecule has 0 aliphatic rings. The van der Waals surface area contributed by atoms with Crippen molar-refractivity contribution in [2.45, 2.75) is 25.4 Å². The Morgan fingerprint density at radius 2 is 1.78 bits per heavy atom. The molecule has 2 heterocycles. The number of nitrogens with two attached hydrogens (primary N) is 2. The summed E-state index contributed by atoms with van der Waals surface area (Å²) in [5.74, 6) is -2.75. The monoisotopic (exact) mass is 439 g/mol. The molecule has 12 heteroatoms. The number of carbonyl (C=O) groups excluding carboxylic acids is 1. The average Bonchev–Trinajstić information content (AvgIpc) is 2.75. The van der Waals surface area contributed by atoms with Crippen LogP contribution in [-0.4, -0.2) is 49.1 Å². The number of hydrogen-bond donors (Lipinski definition) is 6. The average molecular weight is 439 g/mol. The number of carboxylic acid groups (broad SMARTS) is 2. The van der Waals surface area contributed by atoms with Crippen molar-refractivity contribution >= 4 is 46.3 Å². The molecule has 0 aliphatic carbocycles. The van der Waals surface area contributed by atoms with E-state index in [1.54, 1.807) is 24.4 Å². The number of anilines is 3. The maximum atomic E-state index is 12.3. The van der Waals surface area contributed by atoms with E-state index in [2.05, 4.69) is 25.6 Å². The third kappa shape index (κ3) is 5.56. The molecule has 1 aromatic carbocycles. The number of pyridine rings is 1. The summed E-state index contributed by atoms with van der Waals surface area (Å²) >= 11 is 0. The third-order valence-electron chi connectivity index (χ3n) is 4.55. The second-order valence-electron chi connectivity index (χ2n) is 6.91. The molecule has 8 N–H and O–H groups in total. The Balaban J connectivity index is 1.62. The quantitative estimate of drug-likeness (QED) is 0.275. The Morgan fingerprint density at radius 3 is 2.44 bits per heavy atom. The van der Waals surface area contributed by atoms with Crippen LogP contribution in [0.25, 0.3) is 11.0 Å². The fourth-order valence-corrected chi connectivity index (χ4v) is 2.90. The molecule has 0 spiro atoms. The molecule has 1 atom stereocenters.